The molecule has 0 fully saturated rings. The number of nitrogens with one attached hydrogen (secondary N) is 1. The van der Waals surface area contributed by atoms with Crippen LogP contribution >= 0.6 is 0 Å². The van der Waals surface area contributed by atoms with Gasteiger partial charge >= 0.3 is 0 Å². The second-order valence-corrected chi connectivity index (χ2v) is 6.02. The monoisotopic (exact) mass is 298 g/mol. The van der Waals surface area contributed by atoms with Crippen molar-refractivity contribution in [3.63, 3.8) is 0 Å². The fourth-order valence-electron chi connectivity index (χ4n) is 1.53. The number of halogens is 1. The van der Waals surface area contributed by atoms with Crippen LogP contribution in [0.1, 0.15) is 43.6 Å². The maximum Gasteiger partial charge on any atom is 0.270 e. The van der Waals surface area contributed by atoms with Crippen molar-refractivity contribution in [3.8, 4) is 0 Å². The van der Waals surface area contributed by atoms with Crippen LogP contribution in [0.15, 0.2) is 12.1 Å². The molecule has 0 aliphatic carbocycles. The van der Waals surface area contributed by atoms with Crippen molar-refractivity contribution in [3.05, 3.63) is 39.2 Å². The number of carbonyl (C=O) groups is 1. The van der Waals surface area contributed by atoms with Gasteiger partial charge < -0.3 is 10.4 Å². The van der Waals surface area contributed by atoms with Gasteiger partial charge in [0.05, 0.1) is 21.6 Å². The van der Waals surface area contributed by atoms with Crippen LogP contribution in [0.5, 0.6) is 0 Å². The second-order valence-electron chi connectivity index (χ2n) is 6.02. The van der Waals surface area contributed by atoms with Gasteiger partial charge in [0.25, 0.3) is 11.6 Å². The minimum Gasteiger partial charge on any atom is -0.388 e. The first-order valence-corrected chi connectivity index (χ1v) is 6.36. The summed E-state index contributed by atoms with van der Waals surface area (Å²) in [5.74, 6) is -1.63. The van der Waals surface area contributed by atoms with E-state index in [9.17, 15) is 24.4 Å². The Morgan fingerprint density at radius 2 is 1.86 bits per heavy atom. The zero-order chi connectivity index (χ0) is 16.6. The number of nitrogens with zero attached hydrogens (tertiary/aromatic N) is 1. The minimum absolute atomic E-state index is 0.00964. The predicted molar refractivity (Wildman–Crippen MR) is 75.6 cm³/mol. The van der Waals surface area contributed by atoms with Crippen molar-refractivity contribution < 1.29 is 19.2 Å². The Morgan fingerprint density at radius 3 is 2.29 bits per heavy atom. The van der Waals surface area contributed by atoms with Crippen molar-refractivity contribution in [2.75, 3.05) is 0 Å². The zero-order valence-electron chi connectivity index (χ0n) is 12.7. The Hall–Kier alpha value is -2.02. The molecule has 0 aromatic heterocycles. The Balaban J connectivity index is 3.22. The van der Waals surface area contributed by atoms with E-state index in [1.54, 1.807) is 13.8 Å². The Labute approximate surface area is 122 Å². The molecule has 0 spiro atoms. The SMILES string of the molecule is Cc1cc([N+](=O)[O-])cc(C(=O)NC(C)(C)C(C)(C)O)c1F. The number of hydrogen-bond donors (Lipinski definition) is 2. The van der Waals surface area contributed by atoms with E-state index >= 15 is 0 Å². The molecule has 0 atom stereocenters. The molecule has 0 heterocycles. The summed E-state index contributed by atoms with van der Waals surface area (Å²) in [6.07, 6.45) is 0. The highest BCUT2D eigenvalue weighted by Gasteiger charge is 2.37. The molecule has 0 unspecified atom stereocenters. The summed E-state index contributed by atoms with van der Waals surface area (Å²) in [4.78, 5) is 22.3. The maximum atomic E-state index is 14.0. The Morgan fingerprint density at radius 1 is 1.33 bits per heavy atom. The van der Waals surface area contributed by atoms with Gasteiger partial charge in [0, 0.05) is 12.1 Å². The molecule has 1 aromatic rings. The summed E-state index contributed by atoms with van der Waals surface area (Å²) in [5.41, 5.74) is -3.07. The van der Waals surface area contributed by atoms with Crippen LogP contribution in [0.2, 0.25) is 0 Å². The number of aryl methyl sites for hydroxylation is 1. The first-order chi connectivity index (χ1) is 9.36. The number of nitro groups is 1. The number of carbonyl (C=O) groups excluding carboxylic acids is 1. The van der Waals surface area contributed by atoms with E-state index in [4.69, 9.17) is 0 Å². The number of aliphatic hydroxyl groups is 1. The Kier molecular flexibility index (Phi) is 4.38. The molecule has 116 valence electrons. The Bertz CT molecular complexity index is 591. The van der Waals surface area contributed by atoms with Gasteiger partial charge in [-0.05, 0) is 40.2 Å². The van der Waals surface area contributed by atoms with Crippen molar-refractivity contribution in [2.24, 2.45) is 0 Å². The topological polar surface area (TPSA) is 92.5 Å². The average Bonchev–Trinajstić information content (AvgIpc) is 2.29. The molecule has 0 radical (unpaired) electrons. The zero-order valence-corrected chi connectivity index (χ0v) is 12.7. The summed E-state index contributed by atoms with van der Waals surface area (Å²) < 4.78 is 14.0. The number of benzene rings is 1. The summed E-state index contributed by atoms with van der Waals surface area (Å²) in [6.45, 7) is 7.50. The van der Waals surface area contributed by atoms with E-state index in [-0.39, 0.29) is 11.3 Å². The number of amides is 1. The molecule has 1 amide bonds. The van der Waals surface area contributed by atoms with Gasteiger partial charge in [-0.15, -0.1) is 0 Å². The van der Waals surface area contributed by atoms with E-state index in [2.05, 4.69) is 5.32 Å². The fraction of sp³-hybridized carbons (Fsp3) is 0.500. The van der Waals surface area contributed by atoms with Gasteiger partial charge in [-0.2, -0.15) is 0 Å². The van der Waals surface area contributed by atoms with Crippen molar-refractivity contribution >= 4 is 11.6 Å². The van der Waals surface area contributed by atoms with Gasteiger partial charge in [0.2, 0.25) is 0 Å². The van der Waals surface area contributed by atoms with Gasteiger partial charge in [0.1, 0.15) is 5.82 Å². The van der Waals surface area contributed by atoms with Crippen LogP contribution in [0.3, 0.4) is 0 Å². The lowest BCUT2D eigenvalue weighted by Gasteiger charge is -2.38. The van der Waals surface area contributed by atoms with Crippen LogP contribution in [0.25, 0.3) is 0 Å². The highest BCUT2D eigenvalue weighted by atomic mass is 19.1. The number of nitro benzene ring substituents is 1. The molecule has 0 saturated carbocycles. The molecule has 7 heteroatoms. The van der Waals surface area contributed by atoms with E-state index in [0.29, 0.717) is 0 Å². The number of rotatable bonds is 4. The van der Waals surface area contributed by atoms with Crippen molar-refractivity contribution in [1.29, 1.82) is 0 Å². The normalized spacial score (nSPS) is 12.1. The first kappa shape index (κ1) is 17.0. The van der Waals surface area contributed by atoms with Gasteiger partial charge in [-0.1, -0.05) is 0 Å². The maximum absolute atomic E-state index is 14.0. The highest BCUT2D eigenvalue weighted by molar-refractivity contribution is 5.96. The molecule has 1 aromatic carbocycles. The van der Waals surface area contributed by atoms with Gasteiger partial charge in [-0.3, -0.25) is 14.9 Å². The molecule has 0 saturated heterocycles. The van der Waals surface area contributed by atoms with E-state index < -0.39 is 33.4 Å². The number of non-ortho nitro benzene ring substituents is 1. The molecular weight excluding hydrogens is 279 g/mol. The highest BCUT2D eigenvalue weighted by Crippen LogP contribution is 2.24. The molecular formula is C14H19FN2O4. The third-order valence-corrected chi connectivity index (χ3v) is 3.65. The quantitative estimate of drug-likeness (QED) is 0.659. The van der Waals surface area contributed by atoms with Crippen LogP contribution in [0, 0.1) is 22.9 Å². The molecule has 0 aliphatic heterocycles. The molecule has 0 bridgehead atoms. The minimum atomic E-state index is -1.26. The second kappa shape index (κ2) is 5.40. The lowest BCUT2D eigenvalue weighted by Crippen LogP contribution is -2.57. The fourth-order valence-corrected chi connectivity index (χ4v) is 1.53. The van der Waals surface area contributed by atoms with Crippen molar-refractivity contribution in [2.45, 2.75) is 45.8 Å². The standard InChI is InChI=1S/C14H19FN2O4/c1-8-6-9(17(20)21)7-10(11(8)15)12(18)16-13(2,3)14(4,5)19/h6-7,19H,1-5H3,(H,16,18). The van der Waals surface area contributed by atoms with Crippen LogP contribution in [0.4, 0.5) is 10.1 Å². The molecule has 2 N–H and O–H groups in total. The first-order valence-electron chi connectivity index (χ1n) is 6.36. The van der Waals surface area contributed by atoms with Gasteiger partial charge in [-0.25, -0.2) is 4.39 Å². The number of hydrogen-bond acceptors (Lipinski definition) is 4. The van der Waals surface area contributed by atoms with E-state index in [0.717, 1.165) is 12.1 Å². The molecule has 1 rings (SSSR count). The summed E-state index contributed by atoms with van der Waals surface area (Å²) in [6, 6.07) is 1.95. The van der Waals surface area contributed by atoms with E-state index in [1.165, 1.54) is 20.8 Å². The van der Waals surface area contributed by atoms with Gasteiger partial charge in [0.15, 0.2) is 0 Å². The molecule has 0 aliphatic rings. The average molecular weight is 298 g/mol. The smallest absolute Gasteiger partial charge is 0.270 e. The van der Waals surface area contributed by atoms with Crippen molar-refractivity contribution in [1.82, 2.24) is 5.32 Å². The summed E-state index contributed by atoms with van der Waals surface area (Å²) in [7, 11) is 0. The van der Waals surface area contributed by atoms with E-state index in [1.807, 2.05) is 0 Å². The lowest BCUT2D eigenvalue weighted by molar-refractivity contribution is -0.385. The summed E-state index contributed by atoms with van der Waals surface area (Å²) >= 11 is 0. The molecule has 6 nitrogen and oxygen atoms in total. The largest absolute Gasteiger partial charge is 0.388 e. The third-order valence-electron chi connectivity index (χ3n) is 3.65. The van der Waals surface area contributed by atoms with Crippen LogP contribution in [-0.2, 0) is 0 Å². The third kappa shape index (κ3) is 3.55. The predicted octanol–water partition coefficient (Wildman–Crippen LogP) is 2.32. The van der Waals surface area contributed by atoms with Crippen LogP contribution < -0.4 is 5.32 Å². The summed E-state index contributed by atoms with van der Waals surface area (Å²) in [5, 5.41) is 23.3. The molecule has 21 heavy (non-hydrogen) atoms. The van der Waals surface area contributed by atoms with Crippen LogP contribution in [-0.4, -0.2) is 27.1 Å². The lowest BCUT2D eigenvalue weighted by atomic mass is 9.85.